The minimum absolute atomic E-state index is 0.345. The summed E-state index contributed by atoms with van der Waals surface area (Å²) in [5.74, 6) is 1.65. The van der Waals surface area contributed by atoms with Crippen molar-refractivity contribution in [2.75, 3.05) is 7.05 Å². The summed E-state index contributed by atoms with van der Waals surface area (Å²) in [4.78, 5) is 0. The van der Waals surface area contributed by atoms with E-state index in [0.29, 0.717) is 12.6 Å². The van der Waals surface area contributed by atoms with Crippen LogP contribution in [-0.2, 0) is 13.7 Å². The molecule has 0 aliphatic rings. The van der Waals surface area contributed by atoms with Crippen LogP contribution in [0.1, 0.15) is 24.4 Å². The fourth-order valence-electron chi connectivity index (χ4n) is 1.61. The second-order valence-electron chi connectivity index (χ2n) is 4.23. The van der Waals surface area contributed by atoms with Gasteiger partial charge in [-0.3, -0.25) is 0 Å². The Morgan fingerprint density at radius 2 is 2.06 bits per heavy atom. The Morgan fingerprint density at radius 1 is 1.33 bits per heavy atom. The minimum Gasteiger partial charge on any atom is -0.486 e. The van der Waals surface area contributed by atoms with Crippen molar-refractivity contribution >= 4 is 0 Å². The molecule has 0 fully saturated rings. The largest absolute Gasteiger partial charge is 0.486 e. The van der Waals surface area contributed by atoms with Gasteiger partial charge < -0.3 is 14.6 Å². The van der Waals surface area contributed by atoms with Gasteiger partial charge in [0.2, 0.25) is 0 Å². The van der Waals surface area contributed by atoms with Gasteiger partial charge in [-0.25, -0.2) is 0 Å². The zero-order chi connectivity index (χ0) is 13.0. The number of aromatic nitrogens is 3. The van der Waals surface area contributed by atoms with Crippen LogP contribution >= 0.6 is 0 Å². The normalized spacial score (nSPS) is 12.4. The molecule has 1 aromatic heterocycles. The lowest BCUT2D eigenvalue weighted by Gasteiger charge is -2.11. The van der Waals surface area contributed by atoms with Gasteiger partial charge in [-0.2, -0.15) is 0 Å². The number of nitrogens with zero attached hydrogens (tertiary/aromatic N) is 3. The fourth-order valence-corrected chi connectivity index (χ4v) is 1.61. The highest BCUT2D eigenvalue weighted by molar-refractivity contribution is 5.28. The number of rotatable bonds is 5. The van der Waals surface area contributed by atoms with Crippen molar-refractivity contribution < 1.29 is 4.74 Å². The molecule has 0 spiro atoms. The Morgan fingerprint density at radius 3 is 2.61 bits per heavy atom. The number of hydrogen-bond acceptors (Lipinski definition) is 4. The van der Waals surface area contributed by atoms with E-state index in [1.54, 1.807) is 6.33 Å². The maximum Gasteiger partial charge on any atom is 0.170 e. The summed E-state index contributed by atoms with van der Waals surface area (Å²) >= 11 is 0. The molecule has 5 heteroatoms. The highest BCUT2D eigenvalue weighted by Gasteiger charge is 2.04. The van der Waals surface area contributed by atoms with E-state index in [9.17, 15) is 0 Å². The van der Waals surface area contributed by atoms with Crippen LogP contribution in [0.15, 0.2) is 30.6 Å². The topological polar surface area (TPSA) is 52.0 Å². The van der Waals surface area contributed by atoms with E-state index in [2.05, 4.69) is 34.6 Å². The first-order valence-corrected chi connectivity index (χ1v) is 5.93. The number of hydrogen-bond donors (Lipinski definition) is 1. The number of benzene rings is 1. The number of aryl methyl sites for hydroxylation is 1. The van der Waals surface area contributed by atoms with Crippen LogP contribution in [0.2, 0.25) is 0 Å². The number of ether oxygens (including phenoxy) is 1. The molecule has 0 saturated heterocycles. The zero-order valence-corrected chi connectivity index (χ0v) is 10.9. The Kier molecular flexibility index (Phi) is 3.94. The van der Waals surface area contributed by atoms with Gasteiger partial charge in [0.15, 0.2) is 5.82 Å². The molecule has 1 unspecified atom stereocenters. The van der Waals surface area contributed by atoms with Gasteiger partial charge in [-0.05, 0) is 31.7 Å². The van der Waals surface area contributed by atoms with Crippen LogP contribution in [0.25, 0.3) is 0 Å². The molecular weight excluding hydrogens is 228 g/mol. The van der Waals surface area contributed by atoms with Crippen molar-refractivity contribution in [3.05, 3.63) is 42.0 Å². The third-order valence-corrected chi connectivity index (χ3v) is 2.99. The average Bonchev–Trinajstić information content (AvgIpc) is 2.81. The van der Waals surface area contributed by atoms with E-state index in [1.807, 2.05) is 30.8 Å². The summed E-state index contributed by atoms with van der Waals surface area (Å²) in [7, 11) is 3.85. The van der Waals surface area contributed by atoms with Crippen molar-refractivity contribution in [1.82, 2.24) is 20.1 Å². The molecule has 0 radical (unpaired) electrons. The van der Waals surface area contributed by atoms with E-state index < -0.39 is 0 Å². The van der Waals surface area contributed by atoms with Gasteiger partial charge in [-0.15, -0.1) is 10.2 Å². The van der Waals surface area contributed by atoms with Gasteiger partial charge in [0.05, 0.1) is 0 Å². The monoisotopic (exact) mass is 246 g/mol. The SMILES string of the molecule is CNC(C)c1ccc(OCc2nncn2C)cc1. The highest BCUT2D eigenvalue weighted by Crippen LogP contribution is 2.17. The standard InChI is InChI=1S/C13H18N4O/c1-10(14-2)11-4-6-12(7-5-11)18-8-13-16-15-9-17(13)3/h4-7,9-10,14H,8H2,1-3H3. The quantitative estimate of drug-likeness (QED) is 0.872. The summed E-state index contributed by atoms with van der Waals surface area (Å²) in [5.41, 5.74) is 1.24. The summed E-state index contributed by atoms with van der Waals surface area (Å²) in [6.45, 7) is 2.55. The summed E-state index contributed by atoms with van der Waals surface area (Å²) in [5, 5.41) is 11.0. The maximum atomic E-state index is 5.66. The molecule has 18 heavy (non-hydrogen) atoms. The second kappa shape index (κ2) is 5.64. The first-order chi connectivity index (χ1) is 8.70. The molecule has 2 aromatic rings. The molecule has 1 aromatic carbocycles. The van der Waals surface area contributed by atoms with Crippen molar-refractivity contribution in [3.63, 3.8) is 0 Å². The number of nitrogens with one attached hydrogen (secondary N) is 1. The van der Waals surface area contributed by atoms with Crippen LogP contribution in [-0.4, -0.2) is 21.8 Å². The Balaban J connectivity index is 1.96. The van der Waals surface area contributed by atoms with Gasteiger partial charge in [0.25, 0.3) is 0 Å². The highest BCUT2D eigenvalue weighted by atomic mass is 16.5. The van der Waals surface area contributed by atoms with Crippen LogP contribution in [0.3, 0.4) is 0 Å². The van der Waals surface area contributed by atoms with Crippen molar-refractivity contribution in [1.29, 1.82) is 0 Å². The Hall–Kier alpha value is -1.88. The predicted octanol–water partition coefficient (Wildman–Crippen LogP) is 1.67. The third-order valence-electron chi connectivity index (χ3n) is 2.99. The molecule has 2 rings (SSSR count). The first kappa shape index (κ1) is 12.6. The molecule has 5 nitrogen and oxygen atoms in total. The smallest absolute Gasteiger partial charge is 0.170 e. The van der Waals surface area contributed by atoms with Gasteiger partial charge in [0, 0.05) is 13.1 Å². The Labute approximate surface area is 107 Å². The lowest BCUT2D eigenvalue weighted by Crippen LogP contribution is -2.12. The molecule has 0 bridgehead atoms. The van der Waals surface area contributed by atoms with Gasteiger partial charge >= 0.3 is 0 Å². The van der Waals surface area contributed by atoms with Gasteiger partial charge in [-0.1, -0.05) is 12.1 Å². The molecule has 0 aliphatic heterocycles. The van der Waals surface area contributed by atoms with Crippen molar-refractivity contribution in [3.8, 4) is 5.75 Å². The molecule has 0 amide bonds. The third kappa shape index (κ3) is 2.87. The molecule has 96 valence electrons. The minimum atomic E-state index is 0.345. The molecule has 0 saturated carbocycles. The van der Waals surface area contributed by atoms with Crippen molar-refractivity contribution in [2.24, 2.45) is 7.05 Å². The molecule has 1 atom stereocenters. The Bertz CT molecular complexity index is 492. The van der Waals surface area contributed by atoms with Crippen LogP contribution in [0.5, 0.6) is 5.75 Å². The molecule has 0 aliphatic carbocycles. The molecule has 1 N–H and O–H groups in total. The first-order valence-electron chi connectivity index (χ1n) is 5.93. The average molecular weight is 246 g/mol. The van der Waals surface area contributed by atoms with E-state index in [0.717, 1.165) is 11.6 Å². The maximum absolute atomic E-state index is 5.66. The van der Waals surface area contributed by atoms with E-state index in [-0.39, 0.29) is 0 Å². The lowest BCUT2D eigenvalue weighted by atomic mass is 10.1. The predicted molar refractivity (Wildman–Crippen MR) is 69.3 cm³/mol. The fraction of sp³-hybridized carbons (Fsp3) is 0.385. The zero-order valence-electron chi connectivity index (χ0n) is 10.9. The van der Waals surface area contributed by atoms with Crippen LogP contribution < -0.4 is 10.1 Å². The molecular formula is C13H18N4O. The van der Waals surface area contributed by atoms with E-state index in [4.69, 9.17) is 4.74 Å². The summed E-state index contributed by atoms with van der Waals surface area (Å²) in [6, 6.07) is 8.41. The van der Waals surface area contributed by atoms with E-state index >= 15 is 0 Å². The van der Waals surface area contributed by atoms with Crippen molar-refractivity contribution in [2.45, 2.75) is 19.6 Å². The summed E-state index contributed by atoms with van der Waals surface area (Å²) in [6.07, 6.45) is 1.66. The second-order valence-corrected chi connectivity index (χ2v) is 4.23. The summed E-state index contributed by atoms with van der Waals surface area (Å²) < 4.78 is 7.50. The van der Waals surface area contributed by atoms with Gasteiger partial charge in [0.1, 0.15) is 18.7 Å². The molecule has 1 heterocycles. The van der Waals surface area contributed by atoms with E-state index in [1.165, 1.54) is 5.56 Å². The van der Waals surface area contributed by atoms with Crippen LogP contribution in [0.4, 0.5) is 0 Å². The lowest BCUT2D eigenvalue weighted by molar-refractivity contribution is 0.291. The van der Waals surface area contributed by atoms with Crippen LogP contribution in [0, 0.1) is 0 Å².